The fourth-order valence-corrected chi connectivity index (χ4v) is 2.74. The standard InChI is InChI=1S/C21H22N2O2/c1-3-16-9-11-17(12-10-16)15(2)23-20(24)14-25-19-8-4-6-18-7-5-13-22-21(18)19/h4-13,15H,3,14H2,1-2H3,(H,23,24)/t15-/m1/s1. The first-order chi connectivity index (χ1) is 12.2. The summed E-state index contributed by atoms with van der Waals surface area (Å²) < 4.78 is 5.68. The van der Waals surface area contributed by atoms with Crippen LogP contribution in [-0.2, 0) is 11.2 Å². The van der Waals surface area contributed by atoms with Crippen molar-refractivity contribution in [1.29, 1.82) is 0 Å². The summed E-state index contributed by atoms with van der Waals surface area (Å²) in [5, 5.41) is 3.96. The Morgan fingerprint density at radius 1 is 1.12 bits per heavy atom. The number of carbonyl (C=O) groups is 1. The van der Waals surface area contributed by atoms with Crippen molar-refractivity contribution < 1.29 is 9.53 Å². The summed E-state index contributed by atoms with van der Waals surface area (Å²) in [7, 11) is 0. The Bertz CT molecular complexity index is 854. The van der Waals surface area contributed by atoms with E-state index in [2.05, 4.69) is 41.5 Å². The van der Waals surface area contributed by atoms with Crippen LogP contribution in [0.2, 0.25) is 0 Å². The minimum atomic E-state index is -0.153. The van der Waals surface area contributed by atoms with Crippen molar-refractivity contribution >= 4 is 16.8 Å². The molecule has 4 heteroatoms. The van der Waals surface area contributed by atoms with Crippen molar-refractivity contribution in [3.63, 3.8) is 0 Å². The second-order valence-corrected chi connectivity index (χ2v) is 6.00. The molecule has 0 radical (unpaired) electrons. The molecule has 0 saturated heterocycles. The zero-order chi connectivity index (χ0) is 17.6. The number of benzene rings is 2. The lowest BCUT2D eigenvalue weighted by atomic mass is 10.1. The predicted octanol–water partition coefficient (Wildman–Crippen LogP) is 4.05. The second kappa shape index (κ2) is 7.79. The molecule has 128 valence electrons. The average molecular weight is 334 g/mol. The third-order valence-electron chi connectivity index (χ3n) is 4.22. The van der Waals surface area contributed by atoms with Crippen LogP contribution in [0.1, 0.15) is 31.0 Å². The number of fused-ring (bicyclic) bond motifs is 1. The lowest BCUT2D eigenvalue weighted by Crippen LogP contribution is -2.31. The number of carbonyl (C=O) groups excluding carboxylic acids is 1. The molecule has 2 aromatic carbocycles. The van der Waals surface area contributed by atoms with Crippen molar-refractivity contribution in [2.45, 2.75) is 26.3 Å². The van der Waals surface area contributed by atoms with E-state index in [0.717, 1.165) is 22.9 Å². The number of nitrogens with zero attached hydrogens (tertiary/aromatic N) is 1. The van der Waals surface area contributed by atoms with Gasteiger partial charge in [0.05, 0.1) is 6.04 Å². The van der Waals surface area contributed by atoms with Gasteiger partial charge in [-0.05, 0) is 36.6 Å². The summed E-state index contributed by atoms with van der Waals surface area (Å²) in [5.41, 5.74) is 3.13. The molecule has 1 amide bonds. The van der Waals surface area contributed by atoms with Crippen LogP contribution in [0.15, 0.2) is 60.8 Å². The van der Waals surface area contributed by atoms with Crippen LogP contribution in [0.25, 0.3) is 10.9 Å². The number of para-hydroxylation sites is 1. The minimum Gasteiger partial charge on any atom is -0.481 e. The molecule has 0 bridgehead atoms. The van der Waals surface area contributed by atoms with Gasteiger partial charge in [-0.3, -0.25) is 9.78 Å². The highest BCUT2D eigenvalue weighted by Gasteiger charge is 2.11. The van der Waals surface area contributed by atoms with E-state index in [9.17, 15) is 4.79 Å². The van der Waals surface area contributed by atoms with Gasteiger partial charge in [-0.1, -0.05) is 49.4 Å². The second-order valence-electron chi connectivity index (χ2n) is 6.00. The van der Waals surface area contributed by atoms with Gasteiger partial charge in [0.25, 0.3) is 5.91 Å². The van der Waals surface area contributed by atoms with Crippen LogP contribution in [0, 0.1) is 0 Å². The Kier molecular flexibility index (Phi) is 5.29. The molecule has 0 aliphatic rings. The van der Waals surface area contributed by atoms with Crippen molar-refractivity contribution in [2.75, 3.05) is 6.61 Å². The number of aromatic nitrogens is 1. The van der Waals surface area contributed by atoms with Crippen molar-refractivity contribution in [2.24, 2.45) is 0 Å². The molecule has 25 heavy (non-hydrogen) atoms. The highest BCUT2D eigenvalue weighted by molar-refractivity contribution is 5.85. The number of nitrogens with one attached hydrogen (secondary N) is 1. The molecule has 4 nitrogen and oxygen atoms in total. The van der Waals surface area contributed by atoms with Gasteiger partial charge in [0, 0.05) is 11.6 Å². The Labute approximate surface area is 147 Å². The maximum Gasteiger partial charge on any atom is 0.258 e. The van der Waals surface area contributed by atoms with E-state index < -0.39 is 0 Å². The highest BCUT2D eigenvalue weighted by atomic mass is 16.5. The van der Waals surface area contributed by atoms with E-state index in [1.807, 2.05) is 37.3 Å². The van der Waals surface area contributed by atoms with Crippen LogP contribution in [0.5, 0.6) is 5.75 Å². The van der Waals surface area contributed by atoms with Gasteiger partial charge in [-0.25, -0.2) is 0 Å². The van der Waals surface area contributed by atoms with E-state index in [1.54, 1.807) is 6.20 Å². The molecule has 0 saturated carbocycles. The van der Waals surface area contributed by atoms with Gasteiger partial charge in [0.1, 0.15) is 11.3 Å². The molecule has 0 aliphatic heterocycles. The number of amides is 1. The van der Waals surface area contributed by atoms with Gasteiger partial charge in [0.15, 0.2) is 6.61 Å². The molecule has 0 unspecified atom stereocenters. The first-order valence-corrected chi connectivity index (χ1v) is 8.52. The molecule has 3 rings (SSSR count). The van der Waals surface area contributed by atoms with E-state index in [0.29, 0.717) is 5.75 Å². The minimum absolute atomic E-state index is 0.0347. The molecule has 0 aliphatic carbocycles. The van der Waals surface area contributed by atoms with Gasteiger partial charge in [-0.2, -0.15) is 0 Å². The maximum absolute atomic E-state index is 12.2. The van der Waals surface area contributed by atoms with Crippen molar-refractivity contribution in [1.82, 2.24) is 10.3 Å². The van der Waals surface area contributed by atoms with Gasteiger partial charge in [0.2, 0.25) is 0 Å². The summed E-state index contributed by atoms with van der Waals surface area (Å²) in [6.07, 6.45) is 2.73. The molecule has 1 N–H and O–H groups in total. The Morgan fingerprint density at radius 2 is 1.88 bits per heavy atom. The zero-order valence-electron chi connectivity index (χ0n) is 14.5. The number of pyridine rings is 1. The summed E-state index contributed by atoms with van der Waals surface area (Å²) in [6.45, 7) is 4.06. The largest absolute Gasteiger partial charge is 0.481 e. The number of hydrogen-bond donors (Lipinski definition) is 1. The molecule has 0 spiro atoms. The van der Waals surface area contributed by atoms with Gasteiger partial charge >= 0.3 is 0 Å². The fourth-order valence-electron chi connectivity index (χ4n) is 2.74. The normalized spacial score (nSPS) is 11.9. The third-order valence-corrected chi connectivity index (χ3v) is 4.22. The summed E-state index contributed by atoms with van der Waals surface area (Å²) >= 11 is 0. The Hall–Kier alpha value is -2.88. The van der Waals surface area contributed by atoms with Gasteiger partial charge < -0.3 is 10.1 Å². The molecule has 3 aromatic rings. The molecular weight excluding hydrogens is 312 g/mol. The van der Waals surface area contributed by atoms with E-state index in [-0.39, 0.29) is 18.6 Å². The quantitative estimate of drug-likeness (QED) is 0.740. The Balaban J connectivity index is 1.60. The average Bonchev–Trinajstić information content (AvgIpc) is 2.66. The van der Waals surface area contributed by atoms with Crippen LogP contribution in [0.3, 0.4) is 0 Å². The summed E-state index contributed by atoms with van der Waals surface area (Å²) in [5.74, 6) is 0.466. The number of hydrogen-bond acceptors (Lipinski definition) is 3. The fraction of sp³-hybridized carbons (Fsp3) is 0.238. The smallest absolute Gasteiger partial charge is 0.258 e. The summed E-state index contributed by atoms with van der Waals surface area (Å²) in [4.78, 5) is 16.5. The first kappa shape index (κ1) is 17.0. The first-order valence-electron chi connectivity index (χ1n) is 8.52. The van der Waals surface area contributed by atoms with Crippen molar-refractivity contribution in [3.8, 4) is 5.75 Å². The van der Waals surface area contributed by atoms with Crippen molar-refractivity contribution in [3.05, 3.63) is 71.9 Å². The van der Waals surface area contributed by atoms with Crippen LogP contribution >= 0.6 is 0 Å². The summed E-state index contributed by atoms with van der Waals surface area (Å²) in [6, 6.07) is 17.8. The Morgan fingerprint density at radius 3 is 2.64 bits per heavy atom. The van der Waals surface area contributed by atoms with E-state index in [4.69, 9.17) is 4.74 Å². The molecule has 0 fully saturated rings. The molecule has 1 aromatic heterocycles. The third kappa shape index (κ3) is 4.15. The SMILES string of the molecule is CCc1ccc([C@@H](C)NC(=O)COc2cccc3cccnc23)cc1. The highest BCUT2D eigenvalue weighted by Crippen LogP contribution is 2.22. The van der Waals surface area contributed by atoms with Gasteiger partial charge in [-0.15, -0.1) is 0 Å². The molecule has 1 atom stereocenters. The lowest BCUT2D eigenvalue weighted by Gasteiger charge is -2.15. The predicted molar refractivity (Wildman–Crippen MR) is 99.6 cm³/mol. The van der Waals surface area contributed by atoms with Crippen LogP contribution < -0.4 is 10.1 Å². The maximum atomic E-state index is 12.2. The van der Waals surface area contributed by atoms with Crippen LogP contribution in [0.4, 0.5) is 0 Å². The number of aryl methyl sites for hydroxylation is 1. The monoisotopic (exact) mass is 334 g/mol. The zero-order valence-corrected chi connectivity index (χ0v) is 14.5. The number of rotatable bonds is 6. The number of ether oxygens (including phenoxy) is 1. The van der Waals surface area contributed by atoms with Crippen LogP contribution in [-0.4, -0.2) is 17.5 Å². The van der Waals surface area contributed by atoms with E-state index in [1.165, 1.54) is 5.56 Å². The van der Waals surface area contributed by atoms with E-state index >= 15 is 0 Å². The topological polar surface area (TPSA) is 51.2 Å². The molecular formula is C21H22N2O2. The molecule has 1 heterocycles. The lowest BCUT2D eigenvalue weighted by molar-refractivity contribution is -0.123.